The topological polar surface area (TPSA) is 30.1 Å². The van der Waals surface area contributed by atoms with E-state index in [1.54, 1.807) is 0 Å². The largest absolute Gasteiger partial charge is 0.257 e. The summed E-state index contributed by atoms with van der Waals surface area (Å²) in [5.41, 5.74) is 2.33. The van der Waals surface area contributed by atoms with Crippen molar-refractivity contribution in [1.82, 2.24) is 9.97 Å². The minimum atomic E-state index is -0.895. The molecule has 3 nitrogen and oxygen atoms in total. The molecule has 0 amide bonds. The first kappa shape index (κ1) is 26.2. The predicted octanol–water partition coefficient (Wildman–Crippen LogP) is 8.28. The van der Waals surface area contributed by atoms with Crippen LogP contribution in [0.25, 0.3) is 4.85 Å². The van der Waals surface area contributed by atoms with E-state index in [2.05, 4.69) is 44.7 Å². The summed E-state index contributed by atoms with van der Waals surface area (Å²) in [6, 6.07) is 24.6. The second-order valence-corrected chi connectivity index (χ2v) is 10.9. The third-order valence-electron chi connectivity index (χ3n) is 7.41. The third kappa shape index (κ3) is 4.64. The molecule has 0 spiro atoms. The van der Waals surface area contributed by atoms with Crippen molar-refractivity contribution in [3.05, 3.63) is 136 Å². The fourth-order valence-corrected chi connectivity index (χ4v) is 4.66. The van der Waals surface area contributed by atoms with Crippen molar-refractivity contribution < 1.29 is 8.78 Å². The first-order chi connectivity index (χ1) is 17.4. The highest BCUT2D eigenvalue weighted by Gasteiger charge is 2.34. The summed E-state index contributed by atoms with van der Waals surface area (Å²) >= 11 is 0. The van der Waals surface area contributed by atoms with Gasteiger partial charge >= 0.3 is 0 Å². The lowest BCUT2D eigenvalue weighted by atomic mass is 9.78. The number of benzene rings is 2. The van der Waals surface area contributed by atoms with E-state index in [0.29, 0.717) is 5.69 Å². The molecule has 2 aromatic heterocycles. The summed E-state index contributed by atoms with van der Waals surface area (Å²) in [5.74, 6) is -1.71. The zero-order chi connectivity index (χ0) is 27.0. The Kier molecular flexibility index (Phi) is 6.73. The number of rotatable bonds is 6. The summed E-state index contributed by atoms with van der Waals surface area (Å²) in [6.07, 6.45) is 0. The molecule has 4 aromatic rings. The van der Waals surface area contributed by atoms with Crippen molar-refractivity contribution in [2.45, 2.75) is 57.8 Å². The van der Waals surface area contributed by atoms with Crippen LogP contribution < -0.4 is 0 Å². The molecule has 0 N–H and O–H groups in total. The molecule has 5 heteroatoms. The van der Waals surface area contributed by atoms with Gasteiger partial charge in [-0.05, 0) is 55.3 Å². The van der Waals surface area contributed by atoms with E-state index < -0.39 is 28.2 Å². The monoisotopic (exact) mass is 495 g/mol. The number of halogens is 2. The fraction of sp³-hybridized carbons (Fsp3) is 0.281. The number of aromatic nitrogens is 2. The Labute approximate surface area is 218 Å². The minimum absolute atomic E-state index is 0.229. The van der Waals surface area contributed by atoms with E-state index in [-0.39, 0.29) is 11.0 Å². The van der Waals surface area contributed by atoms with Gasteiger partial charge in [0.05, 0.1) is 29.3 Å². The minimum Gasteiger partial charge on any atom is -0.256 e. The van der Waals surface area contributed by atoms with Gasteiger partial charge in [-0.25, -0.2) is 13.6 Å². The normalized spacial score (nSPS) is 12.3. The second kappa shape index (κ2) is 9.52. The standard InChI is InChI=1S/C32H31F2N3/c1-30(2,21-13-9-8-10-14-21)24-15-11-17-26(36-24)32(5,6)27-18-12-16-25(37-27)31(3,4)22-19-20-23(33)29(35-7)28(22)34/h8-20H,1-6H3. The lowest BCUT2D eigenvalue weighted by molar-refractivity contribution is 0.520. The third-order valence-corrected chi connectivity index (χ3v) is 7.41. The van der Waals surface area contributed by atoms with Gasteiger partial charge in [0.2, 0.25) is 0 Å². The fourth-order valence-electron chi connectivity index (χ4n) is 4.66. The van der Waals surface area contributed by atoms with Crippen molar-refractivity contribution in [2.75, 3.05) is 0 Å². The van der Waals surface area contributed by atoms with Gasteiger partial charge in [0, 0.05) is 16.2 Å². The predicted molar refractivity (Wildman–Crippen MR) is 144 cm³/mol. The molecule has 0 aliphatic rings. The maximum atomic E-state index is 15.1. The smallest absolute Gasteiger partial charge is 0.256 e. The molecular weight excluding hydrogens is 464 g/mol. The maximum absolute atomic E-state index is 15.1. The van der Waals surface area contributed by atoms with Crippen molar-refractivity contribution in [3.63, 3.8) is 0 Å². The molecule has 0 aliphatic carbocycles. The molecular formula is C32H31F2N3. The summed E-state index contributed by atoms with van der Waals surface area (Å²) < 4.78 is 29.1. The highest BCUT2D eigenvalue weighted by molar-refractivity contribution is 5.53. The number of hydrogen-bond acceptors (Lipinski definition) is 2. The lowest BCUT2D eigenvalue weighted by Crippen LogP contribution is -2.28. The summed E-state index contributed by atoms with van der Waals surface area (Å²) in [7, 11) is 0. The number of nitrogens with zero attached hydrogens (tertiary/aromatic N) is 3. The summed E-state index contributed by atoms with van der Waals surface area (Å²) in [4.78, 5) is 13.1. The van der Waals surface area contributed by atoms with Crippen LogP contribution >= 0.6 is 0 Å². The first-order valence-electron chi connectivity index (χ1n) is 12.3. The molecule has 2 aromatic carbocycles. The van der Waals surface area contributed by atoms with Crippen molar-refractivity contribution >= 4 is 5.69 Å². The summed E-state index contributed by atoms with van der Waals surface area (Å²) in [5, 5.41) is 0. The van der Waals surface area contributed by atoms with Gasteiger partial charge in [-0.1, -0.05) is 76.2 Å². The van der Waals surface area contributed by atoms with E-state index in [1.807, 2.05) is 68.4 Å². The molecule has 188 valence electrons. The van der Waals surface area contributed by atoms with Crippen molar-refractivity contribution in [3.8, 4) is 0 Å². The SMILES string of the molecule is [C-]#[N+]c1c(F)ccc(C(C)(C)c2cccc(C(C)(C)c3cccc(C(C)(C)c4ccccc4)n3)n2)c1F. The van der Waals surface area contributed by atoms with E-state index in [4.69, 9.17) is 16.5 Å². The Balaban J connectivity index is 1.76. The highest BCUT2D eigenvalue weighted by atomic mass is 19.1. The van der Waals surface area contributed by atoms with Crippen molar-refractivity contribution in [2.24, 2.45) is 0 Å². The van der Waals surface area contributed by atoms with Crippen LogP contribution in [0, 0.1) is 18.2 Å². The average Bonchev–Trinajstić information content (AvgIpc) is 2.89. The highest BCUT2D eigenvalue weighted by Crippen LogP contribution is 2.39. The van der Waals surface area contributed by atoms with E-state index in [1.165, 1.54) is 11.6 Å². The molecule has 0 fully saturated rings. The van der Waals surface area contributed by atoms with E-state index in [9.17, 15) is 4.39 Å². The molecule has 37 heavy (non-hydrogen) atoms. The molecule has 0 saturated carbocycles. The van der Waals surface area contributed by atoms with Crippen molar-refractivity contribution in [1.29, 1.82) is 0 Å². The van der Waals surface area contributed by atoms with Crippen LogP contribution in [0.3, 0.4) is 0 Å². The Bertz CT molecular complexity index is 1480. The van der Waals surface area contributed by atoms with Crippen LogP contribution in [-0.2, 0) is 16.2 Å². The zero-order valence-corrected chi connectivity index (χ0v) is 22.1. The molecule has 0 radical (unpaired) electrons. The number of pyridine rings is 2. The molecule has 4 rings (SSSR count). The van der Waals surface area contributed by atoms with E-state index >= 15 is 4.39 Å². The van der Waals surface area contributed by atoms with Gasteiger partial charge in [0.25, 0.3) is 5.69 Å². The molecule has 0 aliphatic heterocycles. The average molecular weight is 496 g/mol. The zero-order valence-electron chi connectivity index (χ0n) is 22.1. The number of hydrogen-bond donors (Lipinski definition) is 0. The van der Waals surface area contributed by atoms with Crippen LogP contribution in [0.4, 0.5) is 14.5 Å². The van der Waals surface area contributed by atoms with Crippen LogP contribution in [0.5, 0.6) is 0 Å². The Hall–Kier alpha value is -3.91. The Morgan fingerprint density at radius 1 is 0.595 bits per heavy atom. The molecule has 2 heterocycles. The van der Waals surface area contributed by atoms with Gasteiger partial charge in [-0.15, -0.1) is 0 Å². The maximum Gasteiger partial charge on any atom is 0.257 e. The second-order valence-electron chi connectivity index (χ2n) is 10.9. The molecule has 0 saturated heterocycles. The van der Waals surface area contributed by atoms with Gasteiger partial charge in [-0.2, -0.15) is 0 Å². The van der Waals surface area contributed by atoms with Crippen LogP contribution in [0.2, 0.25) is 0 Å². The molecule has 0 atom stereocenters. The van der Waals surface area contributed by atoms with Gasteiger partial charge in [0.15, 0.2) is 0 Å². The molecule has 0 bridgehead atoms. The van der Waals surface area contributed by atoms with Crippen LogP contribution in [0.15, 0.2) is 78.9 Å². The Morgan fingerprint density at radius 2 is 1.08 bits per heavy atom. The van der Waals surface area contributed by atoms with Gasteiger partial charge in [-0.3, -0.25) is 9.97 Å². The van der Waals surface area contributed by atoms with Gasteiger partial charge < -0.3 is 0 Å². The first-order valence-corrected chi connectivity index (χ1v) is 12.3. The van der Waals surface area contributed by atoms with Gasteiger partial charge in [0.1, 0.15) is 11.6 Å². The Morgan fingerprint density at radius 3 is 1.59 bits per heavy atom. The van der Waals surface area contributed by atoms with E-state index in [0.717, 1.165) is 23.1 Å². The summed E-state index contributed by atoms with van der Waals surface area (Å²) in [6.45, 7) is 19.3. The van der Waals surface area contributed by atoms with Crippen LogP contribution in [0.1, 0.15) is 75.4 Å². The quantitative estimate of drug-likeness (QED) is 0.252. The lowest BCUT2D eigenvalue weighted by Gasteiger charge is -2.31. The van der Waals surface area contributed by atoms with Crippen LogP contribution in [-0.4, -0.2) is 9.97 Å². The molecule has 0 unspecified atom stereocenters.